The standard InChI is InChI=1S/C14H19N3O3S/c1-14(2)5-6-16(7-8-21-14)13(18)11-9-10(15)3-4-12(11)17(19)20/h3-4,9H,5-8,15H2,1-2H3. The van der Waals surface area contributed by atoms with E-state index in [-0.39, 0.29) is 21.9 Å². The number of hydrogen-bond donors (Lipinski definition) is 1. The van der Waals surface area contributed by atoms with Crippen LogP contribution in [0.15, 0.2) is 18.2 Å². The highest BCUT2D eigenvalue weighted by Crippen LogP contribution is 2.32. The molecule has 1 amide bonds. The van der Waals surface area contributed by atoms with E-state index < -0.39 is 4.92 Å². The molecule has 1 saturated heterocycles. The van der Waals surface area contributed by atoms with Crippen LogP contribution in [0.1, 0.15) is 30.6 Å². The second-order valence-electron chi connectivity index (χ2n) is 5.68. The smallest absolute Gasteiger partial charge is 0.282 e. The van der Waals surface area contributed by atoms with Crippen LogP contribution < -0.4 is 5.73 Å². The Morgan fingerprint density at radius 2 is 2.14 bits per heavy atom. The molecule has 0 unspecified atom stereocenters. The van der Waals surface area contributed by atoms with Gasteiger partial charge in [0.15, 0.2) is 0 Å². The van der Waals surface area contributed by atoms with Crippen molar-refractivity contribution >= 4 is 29.0 Å². The van der Waals surface area contributed by atoms with E-state index in [1.165, 1.54) is 18.2 Å². The minimum Gasteiger partial charge on any atom is -0.399 e. The van der Waals surface area contributed by atoms with Gasteiger partial charge in [-0.1, -0.05) is 13.8 Å². The molecule has 2 N–H and O–H groups in total. The van der Waals surface area contributed by atoms with Gasteiger partial charge in [-0.3, -0.25) is 14.9 Å². The second-order valence-corrected chi connectivity index (χ2v) is 7.49. The third kappa shape index (κ3) is 3.66. The number of thioether (sulfide) groups is 1. The highest BCUT2D eigenvalue weighted by molar-refractivity contribution is 8.00. The monoisotopic (exact) mass is 309 g/mol. The number of nitrogens with zero attached hydrogens (tertiary/aromatic N) is 2. The van der Waals surface area contributed by atoms with Crippen molar-refractivity contribution in [3.05, 3.63) is 33.9 Å². The summed E-state index contributed by atoms with van der Waals surface area (Å²) >= 11 is 1.82. The first-order valence-electron chi connectivity index (χ1n) is 6.77. The molecule has 1 aliphatic heterocycles. The van der Waals surface area contributed by atoms with Gasteiger partial charge in [-0.05, 0) is 18.6 Å². The van der Waals surface area contributed by atoms with Crippen molar-refractivity contribution < 1.29 is 9.72 Å². The molecule has 7 heteroatoms. The molecule has 1 aromatic rings. The summed E-state index contributed by atoms with van der Waals surface area (Å²) in [6, 6.07) is 4.12. The molecule has 0 aliphatic carbocycles. The van der Waals surface area contributed by atoms with Crippen LogP contribution >= 0.6 is 11.8 Å². The SMILES string of the molecule is CC1(C)CCN(C(=O)c2cc(N)ccc2[N+](=O)[O-])CCS1. The normalized spacial score (nSPS) is 18.1. The van der Waals surface area contributed by atoms with E-state index in [2.05, 4.69) is 13.8 Å². The van der Waals surface area contributed by atoms with E-state index in [1.54, 1.807) is 4.90 Å². The Balaban J connectivity index is 2.27. The molecule has 0 spiro atoms. The maximum Gasteiger partial charge on any atom is 0.282 e. The Bertz CT molecular complexity index is 575. The fraction of sp³-hybridized carbons (Fsp3) is 0.500. The van der Waals surface area contributed by atoms with Gasteiger partial charge in [-0.15, -0.1) is 0 Å². The van der Waals surface area contributed by atoms with E-state index in [9.17, 15) is 14.9 Å². The molecule has 0 saturated carbocycles. The first-order chi connectivity index (χ1) is 9.80. The molecule has 2 rings (SSSR count). The van der Waals surface area contributed by atoms with Crippen molar-refractivity contribution in [1.82, 2.24) is 4.90 Å². The van der Waals surface area contributed by atoms with Crippen LogP contribution in [-0.4, -0.2) is 39.3 Å². The Hall–Kier alpha value is -1.76. The third-order valence-corrected chi connectivity index (χ3v) is 4.95. The average Bonchev–Trinajstić information content (AvgIpc) is 2.58. The van der Waals surface area contributed by atoms with Crippen LogP contribution in [0.25, 0.3) is 0 Å². The molecular formula is C14H19N3O3S. The van der Waals surface area contributed by atoms with Gasteiger partial charge in [-0.2, -0.15) is 11.8 Å². The van der Waals surface area contributed by atoms with Crippen molar-refractivity contribution in [2.75, 3.05) is 24.6 Å². The Kier molecular flexibility index (Phi) is 4.41. The molecule has 21 heavy (non-hydrogen) atoms. The average molecular weight is 309 g/mol. The van der Waals surface area contributed by atoms with Crippen LogP contribution in [0.5, 0.6) is 0 Å². The molecule has 1 heterocycles. The van der Waals surface area contributed by atoms with E-state index in [4.69, 9.17) is 5.73 Å². The number of benzene rings is 1. The van der Waals surface area contributed by atoms with Gasteiger partial charge in [0.05, 0.1) is 4.92 Å². The molecule has 0 atom stereocenters. The first kappa shape index (κ1) is 15.6. The summed E-state index contributed by atoms with van der Waals surface area (Å²) in [7, 11) is 0. The number of rotatable bonds is 2. The minimum atomic E-state index is -0.539. The number of amides is 1. The number of nitro groups is 1. The fourth-order valence-corrected chi connectivity index (χ4v) is 3.38. The largest absolute Gasteiger partial charge is 0.399 e. The Labute approximate surface area is 127 Å². The molecule has 6 nitrogen and oxygen atoms in total. The lowest BCUT2D eigenvalue weighted by molar-refractivity contribution is -0.385. The van der Waals surface area contributed by atoms with Gasteiger partial charge < -0.3 is 10.6 Å². The van der Waals surface area contributed by atoms with Crippen LogP contribution in [0.2, 0.25) is 0 Å². The highest BCUT2D eigenvalue weighted by atomic mass is 32.2. The Morgan fingerprint density at radius 1 is 1.43 bits per heavy atom. The number of nitro benzene ring substituents is 1. The second kappa shape index (κ2) is 5.93. The molecule has 1 fully saturated rings. The van der Waals surface area contributed by atoms with Gasteiger partial charge >= 0.3 is 0 Å². The summed E-state index contributed by atoms with van der Waals surface area (Å²) in [4.78, 5) is 24.8. The number of nitrogens with two attached hydrogens (primary N) is 1. The quantitative estimate of drug-likeness (QED) is 0.515. The number of hydrogen-bond acceptors (Lipinski definition) is 5. The summed E-state index contributed by atoms with van der Waals surface area (Å²) in [6.07, 6.45) is 0.861. The van der Waals surface area contributed by atoms with E-state index in [0.717, 1.165) is 12.2 Å². The van der Waals surface area contributed by atoms with Crippen LogP contribution in [0.4, 0.5) is 11.4 Å². The third-order valence-electron chi connectivity index (χ3n) is 3.57. The molecule has 0 radical (unpaired) electrons. The van der Waals surface area contributed by atoms with Crippen molar-refractivity contribution in [3.8, 4) is 0 Å². The highest BCUT2D eigenvalue weighted by Gasteiger charge is 2.29. The Morgan fingerprint density at radius 3 is 2.81 bits per heavy atom. The molecule has 0 bridgehead atoms. The lowest BCUT2D eigenvalue weighted by atomic mass is 10.1. The molecule has 114 valence electrons. The van der Waals surface area contributed by atoms with Crippen molar-refractivity contribution in [2.24, 2.45) is 0 Å². The summed E-state index contributed by atoms with van der Waals surface area (Å²) < 4.78 is 0.122. The minimum absolute atomic E-state index is 0.0738. The zero-order valence-corrected chi connectivity index (χ0v) is 13.0. The van der Waals surface area contributed by atoms with E-state index in [0.29, 0.717) is 18.8 Å². The van der Waals surface area contributed by atoms with Crippen molar-refractivity contribution in [3.63, 3.8) is 0 Å². The van der Waals surface area contributed by atoms with Crippen molar-refractivity contribution in [2.45, 2.75) is 25.0 Å². The molecule has 0 aromatic heterocycles. The summed E-state index contributed by atoms with van der Waals surface area (Å²) in [5, 5.41) is 11.1. The van der Waals surface area contributed by atoms with Gasteiger partial charge in [0.25, 0.3) is 11.6 Å². The van der Waals surface area contributed by atoms with Gasteiger partial charge in [-0.25, -0.2) is 0 Å². The number of anilines is 1. The zero-order chi connectivity index (χ0) is 15.6. The maximum atomic E-state index is 12.6. The topological polar surface area (TPSA) is 89.5 Å². The lowest BCUT2D eigenvalue weighted by Gasteiger charge is -2.22. The van der Waals surface area contributed by atoms with Crippen LogP contribution in [-0.2, 0) is 0 Å². The zero-order valence-electron chi connectivity index (χ0n) is 12.2. The number of carbonyl (C=O) groups is 1. The van der Waals surface area contributed by atoms with Gasteiger partial charge in [0.1, 0.15) is 5.56 Å². The molecular weight excluding hydrogens is 290 g/mol. The van der Waals surface area contributed by atoms with Gasteiger partial charge in [0.2, 0.25) is 0 Å². The fourth-order valence-electron chi connectivity index (χ4n) is 2.28. The van der Waals surface area contributed by atoms with Crippen LogP contribution in [0, 0.1) is 10.1 Å². The van der Waals surface area contributed by atoms with Crippen LogP contribution in [0.3, 0.4) is 0 Å². The predicted octanol–water partition coefficient (Wildman–Crippen LogP) is 2.53. The van der Waals surface area contributed by atoms with Crippen molar-refractivity contribution in [1.29, 1.82) is 0 Å². The van der Waals surface area contributed by atoms with Gasteiger partial charge in [0, 0.05) is 35.3 Å². The number of nitrogen functional groups attached to an aromatic ring is 1. The maximum absolute atomic E-state index is 12.6. The van der Waals surface area contributed by atoms with E-state index in [1.807, 2.05) is 11.8 Å². The molecule has 1 aromatic carbocycles. The van der Waals surface area contributed by atoms with E-state index >= 15 is 0 Å². The molecule has 1 aliphatic rings. The lowest BCUT2D eigenvalue weighted by Crippen LogP contribution is -2.34. The first-order valence-corrected chi connectivity index (χ1v) is 7.76. The summed E-state index contributed by atoms with van der Waals surface area (Å²) in [5.74, 6) is 0.516. The number of carbonyl (C=O) groups excluding carboxylic acids is 1. The predicted molar refractivity (Wildman–Crippen MR) is 84.6 cm³/mol. The summed E-state index contributed by atoms with van der Waals surface area (Å²) in [5.41, 5.74) is 5.91. The summed E-state index contributed by atoms with van der Waals surface area (Å²) in [6.45, 7) is 5.49.